The molecular weight excluding hydrogens is 253 g/mol. The molecule has 0 N–H and O–H groups in total. The van der Waals surface area contributed by atoms with Crippen LogP contribution in [0.3, 0.4) is 0 Å². The fourth-order valence-electron chi connectivity index (χ4n) is 2.18. The average molecular weight is 273 g/mol. The van der Waals surface area contributed by atoms with Gasteiger partial charge in [0, 0.05) is 0 Å². The minimum absolute atomic E-state index is 0. The van der Waals surface area contributed by atoms with E-state index in [1.165, 1.54) is 0 Å². The largest absolute Gasteiger partial charge is 1.00 e. The number of hydrogen-bond acceptors (Lipinski definition) is 1. The van der Waals surface area contributed by atoms with Crippen LogP contribution in [0.25, 0.3) is 0 Å². The number of nitrogens with zero attached hydrogens (tertiary/aromatic N) is 1. The molecule has 0 aromatic rings. The summed E-state index contributed by atoms with van der Waals surface area (Å²) >= 11 is 0. The Labute approximate surface area is 145 Å². The first-order valence-corrected chi connectivity index (χ1v) is 6.03. The number of hydrogen-bond donors (Lipinski definition) is 0. The molecule has 1 aliphatic heterocycles. The summed E-state index contributed by atoms with van der Waals surface area (Å²) in [5, 5.41) is 0. The van der Waals surface area contributed by atoms with Crippen molar-refractivity contribution in [2.24, 2.45) is 5.92 Å². The Bertz CT molecular complexity index is 245. The van der Waals surface area contributed by atoms with Crippen LogP contribution in [0.4, 0.5) is 12.9 Å². The molecule has 0 bridgehead atoms. The van der Waals surface area contributed by atoms with E-state index in [0.29, 0.717) is 5.92 Å². The second-order valence-corrected chi connectivity index (χ2v) is 4.71. The molecular formula is C11H20BF3KN. The van der Waals surface area contributed by atoms with Gasteiger partial charge in [0.2, 0.25) is 0 Å². The Balaban J connectivity index is 0.00000256. The number of likely N-dealkylation sites (tertiary alicyclic amines) is 1. The average Bonchev–Trinajstić information content (AvgIpc) is 2.41. The molecule has 0 aromatic carbocycles. The molecule has 0 saturated carbocycles. The summed E-state index contributed by atoms with van der Waals surface area (Å²) in [6, 6.07) is 0. The van der Waals surface area contributed by atoms with Crippen molar-refractivity contribution in [3.63, 3.8) is 0 Å². The van der Waals surface area contributed by atoms with Crippen molar-refractivity contribution in [3.8, 4) is 0 Å². The van der Waals surface area contributed by atoms with Crippen LogP contribution >= 0.6 is 0 Å². The molecule has 0 radical (unpaired) electrons. The molecule has 1 aliphatic rings. The predicted molar refractivity (Wildman–Crippen MR) is 62.3 cm³/mol. The third-order valence-electron chi connectivity index (χ3n) is 3.41. The molecule has 0 aromatic heterocycles. The van der Waals surface area contributed by atoms with Gasteiger partial charge in [-0.15, -0.1) is 12.1 Å². The molecule has 0 amide bonds. The zero-order chi connectivity index (χ0) is 12.2. The van der Waals surface area contributed by atoms with Crippen molar-refractivity contribution in [2.75, 3.05) is 19.6 Å². The maximum atomic E-state index is 12.4. The van der Waals surface area contributed by atoms with Crippen molar-refractivity contribution in [1.29, 1.82) is 0 Å². The van der Waals surface area contributed by atoms with Gasteiger partial charge in [0.15, 0.2) is 0 Å². The third-order valence-corrected chi connectivity index (χ3v) is 3.41. The monoisotopic (exact) mass is 273 g/mol. The van der Waals surface area contributed by atoms with Crippen molar-refractivity contribution in [1.82, 2.24) is 4.90 Å². The van der Waals surface area contributed by atoms with Gasteiger partial charge in [-0.05, 0) is 44.8 Å². The van der Waals surface area contributed by atoms with E-state index in [4.69, 9.17) is 0 Å². The molecule has 1 heterocycles. The van der Waals surface area contributed by atoms with Crippen LogP contribution in [-0.4, -0.2) is 31.5 Å². The number of halogens is 3. The predicted octanol–water partition coefficient (Wildman–Crippen LogP) is 0.445. The number of rotatable bonds is 4. The van der Waals surface area contributed by atoms with E-state index >= 15 is 0 Å². The van der Waals surface area contributed by atoms with Crippen LogP contribution in [0.5, 0.6) is 0 Å². The SMILES string of the molecule is C=C(CN1CCCC(CC)CC1)[B-](F)(F)F.[K+]. The van der Waals surface area contributed by atoms with Crippen LogP contribution in [0.1, 0.15) is 32.6 Å². The summed E-state index contributed by atoms with van der Waals surface area (Å²) in [7, 11) is 0. The molecule has 1 unspecified atom stereocenters. The fraction of sp³-hybridized carbons (Fsp3) is 0.818. The van der Waals surface area contributed by atoms with Crippen LogP contribution in [-0.2, 0) is 0 Å². The maximum absolute atomic E-state index is 12.4. The quantitative estimate of drug-likeness (QED) is 0.672. The Morgan fingerprint density at radius 1 is 1.29 bits per heavy atom. The smallest absolute Gasteiger partial charge is 0.445 e. The first kappa shape index (κ1) is 18.2. The van der Waals surface area contributed by atoms with Crippen LogP contribution in [0.2, 0.25) is 0 Å². The normalized spacial score (nSPS) is 22.7. The van der Waals surface area contributed by atoms with E-state index in [1.54, 1.807) is 0 Å². The van der Waals surface area contributed by atoms with Crippen LogP contribution in [0.15, 0.2) is 12.1 Å². The fourth-order valence-corrected chi connectivity index (χ4v) is 2.18. The molecule has 1 nitrogen and oxygen atoms in total. The van der Waals surface area contributed by atoms with E-state index in [-0.39, 0.29) is 57.9 Å². The van der Waals surface area contributed by atoms with Gasteiger partial charge in [-0.2, -0.15) is 0 Å². The Kier molecular flexibility index (Phi) is 8.97. The van der Waals surface area contributed by atoms with Gasteiger partial charge in [-0.3, -0.25) is 0 Å². The van der Waals surface area contributed by atoms with Gasteiger partial charge < -0.3 is 17.8 Å². The summed E-state index contributed by atoms with van der Waals surface area (Å²) in [6.07, 6.45) is 4.32. The van der Waals surface area contributed by atoms with Gasteiger partial charge in [0.1, 0.15) is 0 Å². The molecule has 1 fully saturated rings. The van der Waals surface area contributed by atoms with Crippen LogP contribution in [0, 0.1) is 5.92 Å². The molecule has 1 atom stereocenters. The van der Waals surface area contributed by atoms with E-state index in [9.17, 15) is 12.9 Å². The Morgan fingerprint density at radius 2 is 1.94 bits per heavy atom. The second kappa shape index (κ2) is 8.38. The van der Waals surface area contributed by atoms with Gasteiger partial charge in [-0.25, -0.2) is 0 Å². The zero-order valence-electron chi connectivity index (χ0n) is 10.9. The standard InChI is InChI=1S/C11H20BF3N.K/c1-3-11-5-4-7-16(8-6-11)9-10(2)12(13,14)15;/h11H,2-9H2,1H3;/q-1;+1. The summed E-state index contributed by atoms with van der Waals surface area (Å²) in [5.41, 5.74) is -0.560. The molecule has 17 heavy (non-hydrogen) atoms. The molecule has 0 spiro atoms. The Morgan fingerprint density at radius 3 is 2.47 bits per heavy atom. The summed E-state index contributed by atoms with van der Waals surface area (Å²) in [6.45, 7) is 2.00. The van der Waals surface area contributed by atoms with Crippen molar-refractivity contribution in [3.05, 3.63) is 12.1 Å². The zero-order valence-corrected chi connectivity index (χ0v) is 14.0. The van der Waals surface area contributed by atoms with Gasteiger partial charge in [0.25, 0.3) is 0 Å². The van der Waals surface area contributed by atoms with E-state index < -0.39 is 12.4 Å². The van der Waals surface area contributed by atoms with E-state index in [0.717, 1.165) is 38.8 Å². The summed E-state index contributed by atoms with van der Waals surface area (Å²) in [4.78, 5) is 1.90. The molecule has 0 aliphatic carbocycles. The Hall–Kier alpha value is 1.19. The maximum Gasteiger partial charge on any atom is 1.00 e. The van der Waals surface area contributed by atoms with Gasteiger partial charge >= 0.3 is 58.4 Å². The minimum atomic E-state index is -4.86. The third kappa shape index (κ3) is 6.78. The molecule has 94 valence electrons. The molecule has 1 rings (SSSR count). The topological polar surface area (TPSA) is 3.24 Å². The van der Waals surface area contributed by atoms with E-state index in [1.807, 2.05) is 4.90 Å². The second-order valence-electron chi connectivity index (χ2n) is 4.71. The van der Waals surface area contributed by atoms with Gasteiger partial charge in [0.05, 0.1) is 0 Å². The summed E-state index contributed by atoms with van der Waals surface area (Å²) < 4.78 is 37.2. The van der Waals surface area contributed by atoms with Crippen LogP contribution < -0.4 is 51.4 Å². The first-order valence-electron chi connectivity index (χ1n) is 6.03. The molecule has 6 heteroatoms. The summed E-state index contributed by atoms with van der Waals surface area (Å²) in [5.74, 6) is 0.690. The molecule has 1 saturated heterocycles. The van der Waals surface area contributed by atoms with Crippen molar-refractivity contribution >= 4 is 6.98 Å². The van der Waals surface area contributed by atoms with Gasteiger partial charge in [-0.1, -0.05) is 13.3 Å². The van der Waals surface area contributed by atoms with Crippen molar-refractivity contribution in [2.45, 2.75) is 32.6 Å². The first-order chi connectivity index (χ1) is 7.43. The minimum Gasteiger partial charge on any atom is -0.445 e. The van der Waals surface area contributed by atoms with E-state index in [2.05, 4.69) is 13.5 Å². The van der Waals surface area contributed by atoms with Crippen molar-refractivity contribution < 1.29 is 64.3 Å².